The zero-order chi connectivity index (χ0) is 12.0. The molecule has 0 aliphatic rings. The lowest BCUT2D eigenvalue weighted by atomic mass is 10.2. The fraction of sp³-hybridized carbons (Fsp3) is 0.455. The van der Waals surface area contributed by atoms with Gasteiger partial charge in [-0.25, -0.2) is 0 Å². The maximum absolute atomic E-state index is 8.98. The van der Waals surface area contributed by atoms with Gasteiger partial charge < -0.3 is 5.32 Å². The zero-order valence-corrected chi connectivity index (χ0v) is 10.3. The maximum Gasteiger partial charge on any atom is 0.142 e. The van der Waals surface area contributed by atoms with Gasteiger partial charge in [-0.1, -0.05) is 5.92 Å². The van der Waals surface area contributed by atoms with Gasteiger partial charge in [0.1, 0.15) is 17.5 Å². The normalized spacial score (nSPS) is 9.50. The summed E-state index contributed by atoms with van der Waals surface area (Å²) < 4.78 is 1.69. The SMILES string of the molecule is C#CCSCCNc1c(C#N)c(C)nn1C. The van der Waals surface area contributed by atoms with Gasteiger partial charge in [0.05, 0.1) is 11.4 Å². The Hall–Kier alpha value is -1.59. The van der Waals surface area contributed by atoms with Gasteiger partial charge in [0.15, 0.2) is 0 Å². The zero-order valence-electron chi connectivity index (χ0n) is 9.45. The quantitative estimate of drug-likeness (QED) is 0.617. The van der Waals surface area contributed by atoms with Gasteiger partial charge in [0, 0.05) is 19.3 Å². The lowest BCUT2D eigenvalue weighted by Gasteiger charge is -2.05. The molecule has 1 heterocycles. The molecule has 0 spiro atoms. The summed E-state index contributed by atoms with van der Waals surface area (Å²) >= 11 is 1.69. The minimum absolute atomic E-state index is 0.615. The van der Waals surface area contributed by atoms with Crippen LogP contribution in [0.25, 0.3) is 0 Å². The predicted molar refractivity (Wildman–Crippen MR) is 67.3 cm³/mol. The summed E-state index contributed by atoms with van der Waals surface area (Å²) in [6.07, 6.45) is 5.15. The molecule has 0 aromatic carbocycles. The fourth-order valence-corrected chi connectivity index (χ4v) is 1.88. The van der Waals surface area contributed by atoms with Crippen molar-refractivity contribution in [2.75, 3.05) is 23.4 Å². The molecule has 0 aliphatic heterocycles. The van der Waals surface area contributed by atoms with E-state index in [0.717, 1.165) is 29.6 Å². The van der Waals surface area contributed by atoms with Gasteiger partial charge in [-0.2, -0.15) is 10.4 Å². The molecule has 4 nitrogen and oxygen atoms in total. The summed E-state index contributed by atoms with van der Waals surface area (Å²) in [7, 11) is 1.82. The molecule has 0 atom stereocenters. The Kier molecular flexibility index (Phi) is 4.75. The molecule has 0 aliphatic carbocycles. The second-order valence-corrected chi connectivity index (χ2v) is 4.33. The van der Waals surface area contributed by atoms with Crippen LogP contribution in [0.15, 0.2) is 0 Å². The van der Waals surface area contributed by atoms with Crippen LogP contribution < -0.4 is 5.32 Å². The van der Waals surface area contributed by atoms with E-state index >= 15 is 0 Å². The summed E-state index contributed by atoms with van der Waals surface area (Å²) in [6.45, 7) is 2.61. The third-order valence-corrected chi connectivity index (χ3v) is 2.92. The number of anilines is 1. The standard InChI is InChI=1S/C11H14N4S/c1-4-6-16-7-5-13-11-10(8-12)9(2)14-15(11)3/h1,13H,5-7H2,2-3H3. The number of aryl methyl sites for hydroxylation is 2. The summed E-state index contributed by atoms with van der Waals surface area (Å²) in [5.41, 5.74) is 1.37. The second-order valence-electron chi connectivity index (χ2n) is 3.23. The van der Waals surface area contributed by atoms with Crippen LogP contribution in [0.2, 0.25) is 0 Å². The van der Waals surface area contributed by atoms with Crippen molar-refractivity contribution in [3.8, 4) is 18.4 Å². The first kappa shape index (κ1) is 12.5. The lowest BCUT2D eigenvalue weighted by molar-refractivity contribution is 0.760. The van der Waals surface area contributed by atoms with Crippen molar-refractivity contribution in [3.63, 3.8) is 0 Å². The summed E-state index contributed by atoms with van der Waals surface area (Å²) in [5, 5.41) is 16.4. The van der Waals surface area contributed by atoms with Crippen LogP contribution in [0.3, 0.4) is 0 Å². The Morgan fingerprint density at radius 3 is 3.00 bits per heavy atom. The monoisotopic (exact) mass is 234 g/mol. The molecule has 1 aromatic rings. The van der Waals surface area contributed by atoms with Crippen LogP contribution >= 0.6 is 11.8 Å². The molecule has 5 heteroatoms. The first-order chi connectivity index (χ1) is 7.70. The molecule has 16 heavy (non-hydrogen) atoms. The molecule has 0 unspecified atom stereocenters. The van der Waals surface area contributed by atoms with Crippen LogP contribution in [0.5, 0.6) is 0 Å². The number of terminal acetylenes is 1. The molecule has 0 fully saturated rings. The summed E-state index contributed by atoms with van der Waals surface area (Å²) in [4.78, 5) is 0. The highest BCUT2D eigenvalue weighted by Gasteiger charge is 2.11. The van der Waals surface area contributed by atoms with Crippen molar-refractivity contribution in [3.05, 3.63) is 11.3 Å². The van der Waals surface area contributed by atoms with E-state index in [-0.39, 0.29) is 0 Å². The van der Waals surface area contributed by atoms with E-state index in [2.05, 4.69) is 22.4 Å². The molecule has 1 rings (SSSR count). The van der Waals surface area contributed by atoms with E-state index in [1.165, 1.54) is 0 Å². The average Bonchev–Trinajstić information content (AvgIpc) is 2.53. The largest absolute Gasteiger partial charge is 0.368 e. The second kappa shape index (κ2) is 6.09. The van der Waals surface area contributed by atoms with E-state index < -0.39 is 0 Å². The van der Waals surface area contributed by atoms with E-state index in [4.69, 9.17) is 11.7 Å². The molecular weight excluding hydrogens is 220 g/mol. The first-order valence-electron chi connectivity index (χ1n) is 4.89. The lowest BCUT2D eigenvalue weighted by Crippen LogP contribution is -2.09. The minimum Gasteiger partial charge on any atom is -0.368 e. The van der Waals surface area contributed by atoms with E-state index in [1.807, 2.05) is 14.0 Å². The number of nitrogens with one attached hydrogen (secondary N) is 1. The van der Waals surface area contributed by atoms with Crippen LogP contribution in [-0.2, 0) is 7.05 Å². The molecule has 0 radical (unpaired) electrons. The molecule has 0 amide bonds. The third kappa shape index (κ3) is 2.95. The Morgan fingerprint density at radius 1 is 1.62 bits per heavy atom. The summed E-state index contributed by atoms with van der Waals surface area (Å²) in [5.74, 6) is 4.98. The highest BCUT2D eigenvalue weighted by Crippen LogP contribution is 2.17. The van der Waals surface area contributed by atoms with Crippen molar-refractivity contribution < 1.29 is 0 Å². The number of aromatic nitrogens is 2. The van der Waals surface area contributed by atoms with Crippen LogP contribution in [-0.4, -0.2) is 27.8 Å². The van der Waals surface area contributed by atoms with Gasteiger partial charge >= 0.3 is 0 Å². The molecule has 1 N–H and O–H groups in total. The van der Waals surface area contributed by atoms with Gasteiger partial charge in [0.2, 0.25) is 0 Å². The van der Waals surface area contributed by atoms with Crippen molar-refractivity contribution in [1.29, 1.82) is 5.26 Å². The topological polar surface area (TPSA) is 53.6 Å². The first-order valence-corrected chi connectivity index (χ1v) is 6.05. The number of rotatable bonds is 5. The molecule has 0 bridgehead atoms. The van der Waals surface area contributed by atoms with Crippen molar-refractivity contribution in [1.82, 2.24) is 9.78 Å². The van der Waals surface area contributed by atoms with Gasteiger partial charge in [-0.15, -0.1) is 18.2 Å². The highest BCUT2D eigenvalue weighted by atomic mass is 32.2. The Morgan fingerprint density at radius 2 is 2.38 bits per heavy atom. The van der Waals surface area contributed by atoms with Gasteiger partial charge in [-0.05, 0) is 6.92 Å². The van der Waals surface area contributed by atoms with Crippen LogP contribution in [0.1, 0.15) is 11.3 Å². The van der Waals surface area contributed by atoms with Crippen molar-refractivity contribution in [2.45, 2.75) is 6.92 Å². The number of hydrogen-bond donors (Lipinski definition) is 1. The third-order valence-electron chi connectivity index (χ3n) is 2.06. The minimum atomic E-state index is 0.615. The predicted octanol–water partition coefficient (Wildman–Crippen LogP) is 1.38. The fourth-order valence-electron chi connectivity index (χ4n) is 1.37. The Bertz CT molecular complexity index is 436. The number of nitrogens with zero attached hydrogens (tertiary/aromatic N) is 3. The smallest absolute Gasteiger partial charge is 0.142 e. The maximum atomic E-state index is 8.98. The van der Waals surface area contributed by atoms with Gasteiger partial charge in [-0.3, -0.25) is 4.68 Å². The Balaban J connectivity index is 2.55. The van der Waals surface area contributed by atoms with Crippen LogP contribution in [0, 0.1) is 30.6 Å². The number of hydrogen-bond acceptors (Lipinski definition) is 4. The number of nitriles is 1. The molecule has 1 aromatic heterocycles. The van der Waals surface area contributed by atoms with Gasteiger partial charge in [0.25, 0.3) is 0 Å². The van der Waals surface area contributed by atoms with E-state index in [9.17, 15) is 0 Å². The van der Waals surface area contributed by atoms with Crippen LogP contribution in [0.4, 0.5) is 5.82 Å². The molecule has 84 valence electrons. The number of thioether (sulfide) groups is 1. The van der Waals surface area contributed by atoms with E-state index in [1.54, 1.807) is 16.4 Å². The van der Waals surface area contributed by atoms with Crippen molar-refractivity contribution in [2.24, 2.45) is 7.05 Å². The molecular formula is C11H14N4S. The molecule has 0 saturated carbocycles. The van der Waals surface area contributed by atoms with E-state index in [0.29, 0.717) is 5.56 Å². The average molecular weight is 234 g/mol. The summed E-state index contributed by atoms with van der Waals surface area (Å²) in [6, 6.07) is 2.15. The van der Waals surface area contributed by atoms with Crippen molar-refractivity contribution >= 4 is 17.6 Å². The Labute approximate surface area is 100 Å². The highest BCUT2D eigenvalue weighted by molar-refractivity contribution is 7.99. The molecule has 0 saturated heterocycles.